The summed E-state index contributed by atoms with van der Waals surface area (Å²) in [6.07, 6.45) is -4.36. The van der Waals surface area contributed by atoms with Crippen molar-refractivity contribution in [3.8, 4) is 0 Å². The Labute approximate surface area is 133 Å². The van der Waals surface area contributed by atoms with Crippen molar-refractivity contribution >= 4 is 19.9 Å². The lowest BCUT2D eigenvalue weighted by Crippen LogP contribution is -2.40. The Bertz CT molecular complexity index is 770. The van der Waals surface area contributed by atoms with E-state index in [0.29, 0.717) is 12.1 Å². The topological polar surface area (TPSA) is 71.5 Å². The molecule has 1 aromatic carbocycles. The van der Waals surface area contributed by atoms with Gasteiger partial charge in [0.1, 0.15) is 0 Å². The Morgan fingerprint density at radius 1 is 1.22 bits per heavy atom. The zero-order valence-corrected chi connectivity index (χ0v) is 13.9. The normalized spacial score (nSPS) is 21.7. The molecular weight excluding hydrogens is 355 g/mol. The van der Waals surface area contributed by atoms with Gasteiger partial charge >= 0.3 is 6.18 Å². The highest BCUT2D eigenvalue weighted by molar-refractivity contribution is 7.92. The predicted molar refractivity (Wildman–Crippen MR) is 78.1 cm³/mol. The van der Waals surface area contributed by atoms with Crippen molar-refractivity contribution in [1.82, 2.24) is 4.31 Å². The van der Waals surface area contributed by atoms with Crippen molar-refractivity contribution in [2.75, 3.05) is 18.1 Å². The molecule has 0 saturated carbocycles. The molecule has 2 rings (SSSR count). The molecule has 0 spiro atoms. The minimum absolute atomic E-state index is 0.0452. The summed E-state index contributed by atoms with van der Waals surface area (Å²) in [5.41, 5.74) is -0.942. The van der Waals surface area contributed by atoms with Crippen LogP contribution in [0.15, 0.2) is 29.2 Å². The van der Waals surface area contributed by atoms with Crippen LogP contribution >= 0.6 is 0 Å². The van der Waals surface area contributed by atoms with Gasteiger partial charge in [-0.3, -0.25) is 0 Å². The summed E-state index contributed by atoms with van der Waals surface area (Å²) < 4.78 is 86.9. The first-order chi connectivity index (χ1) is 10.5. The van der Waals surface area contributed by atoms with Gasteiger partial charge in [-0.05, 0) is 30.7 Å². The quantitative estimate of drug-likeness (QED) is 0.811. The molecule has 1 atom stereocenters. The van der Waals surface area contributed by atoms with Gasteiger partial charge in [0.05, 0.1) is 22.0 Å². The van der Waals surface area contributed by atoms with Gasteiger partial charge < -0.3 is 0 Å². The molecule has 0 N–H and O–H groups in total. The molecule has 1 fully saturated rings. The van der Waals surface area contributed by atoms with E-state index in [-0.39, 0.29) is 29.4 Å². The van der Waals surface area contributed by atoms with Crippen LogP contribution in [-0.2, 0) is 26.0 Å². The number of halogens is 3. The van der Waals surface area contributed by atoms with E-state index < -0.39 is 37.6 Å². The number of benzene rings is 1. The fourth-order valence-electron chi connectivity index (χ4n) is 2.58. The Morgan fingerprint density at radius 2 is 1.78 bits per heavy atom. The van der Waals surface area contributed by atoms with Crippen LogP contribution < -0.4 is 0 Å². The molecule has 0 aliphatic carbocycles. The van der Waals surface area contributed by atoms with E-state index in [1.165, 1.54) is 0 Å². The zero-order chi connectivity index (χ0) is 17.5. The molecule has 1 saturated heterocycles. The SMILES string of the molecule is CCN([C@@H]1CCS(=O)(=O)C1)S(=O)(=O)c1ccc(C(F)(F)F)cc1. The number of nitrogens with zero attached hydrogens (tertiary/aromatic N) is 1. The van der Waals surface area contributed by atoms with Crippen LogP contribution in [0, 0.1) is 0 Å². The van der Waals surface area contributed by atoms with Crippen LogP contribution in [0.5, 0.6) is 0 Å². The summed E-state index contributed by atoms with van der Waals surface area (Å²) in [6.45, 7) is 1.61. The first kappa shape index (κ1) is 18.2. The van der Waals surface area contributed by atoms with Gasteiger partial charge in [0.2, 0.25) is 10.0 Å². The number of sulfone groups is 1. The lowest BCUT2D eigenvalue weighted by molar-refractivity contribution is -0.137. The molecule has 130 valence electrons. The summed E-state index contributed by atoms with van der Waals surface area (Å²) in [4.78, 5) is -0.281. The molecule has 1 aliphatic heterocycles. The highest BCUT2D eigenvalue weighted by Gasteiger charge is 2.38. The summed E-state index contributed by atoms with van der Waals surface area (Å²) in [5.74, 6) is -0.350. The Morgan fingerprint density at radius 3 is 2.17 bits per heavy atom. The number of alkyl halides is 3. The molecular formula is C13H16F3NO4S2. The number of hydrogen-bond donors (Lipinski definition) is 0. The third-order valence-electron chi connectivity index (χ3n) is 3.72. The lowest BCUT2D eigenvalue weighted by atomic mass is 10.2. The molecule has 0 amide bonds. The second-order valence-corrected chi connectivity index (χ2v) is 9.41. The molecule has 1 aromatic rings. The van der Waals surface area contributed by atoms with Crippen LogP contribution in [0.4, 0.5) is 13.2 Å². The van der Waals surface area contributed by atoms with Gasteiger partial charge in [-0.15, -0.1) is 0 Å². The summed E-state index contributed by atoms with van der Waals surface area (Å²) in [7, 11) is -7.32. The lowest BCUT2D eigenvalue weighted by Gasteiger charge is -2.26. The van der Waals surface area contributed by atoms with E-state index in [1.54, 1.807) is 6.92 Å². The van der Waals surface area contributed by atoms with Crippen molar-refractivity contribution < 1.29 is 30.0 Å². The monoisotopic (exact) mass is 371 g/mol. The van der Waals surface area contributed by atoms with Crippen molar-refractivity contribution in [2.45, 2.75) is 30.5 Å². The largest absolute Gasteiger partial charge is 0.416 e. The molecule has 10 heteroatoms. The Balaban J connectivity index is 2.32. The van der Waals surface area contributed by atoms with E-state index >= 15 is 0 Å². The van der Waals surface area contributed by atoms with Crippen molar-refractivity contribution in [3.05, 3.63) is 29.8 Å². The zero-order valence-electron chi connectivity index (χ0n) is 12.2. The average molecular weight is 371 g/mol. The molecule has 0 unspecified atom stereocenters. The van der Waals surface area contributed by atoms with Crippen LogP contribution in [-0.4, -0.2) is 45.2 Å². The van der Waals surface area contributed by atoms with Gasteiger partial charge in [-0.2, -0.15) is 17.5 Å². The Hall–Kier alpha value is -1.13. The van der Waals surface area contributed by atoms with Crippen molar-refractivity contribution in [3.63, 3.8) is 0 Å². The van der Waals surface area contributed by atoms with E-state index in [9.17, 15) is 30.0 Å². The summed E-state index contributed by atoms with van der Waals surface area (Å²) >= 11 is 0. The first-order valence-corrected chi connectivity index (χ1v) is 10.1. The van der Waals surface area contributed by atoms with Crippen molar-refractivity contribution in [2.24, 2.45) is 0 Å². The summed E-state index contributed by atoms with van der Waals surface area (Å²) in [5, 5.41) is 0. The van der Waals surface area contributed by atoms with Crippen LogP contribution in [0.3, 0.4) is 0 Å². The molecule has 0 bridgehead atoms. The minimum atomic E-state index is -4.55. The van der Waals surface area contributed by atoms with E-state index in [1.807, 2.05) is 0 Å². The highest BCUT2D eigenvalue weighted by atomic mass is 32.2. The maximum absolute atomic E-state index is 12.6. The second kappa shape index (κ2) is 6.06. The fraction of sp³-hybridized carbons (Fsp3) is 0.538. The average Bonchev–Trinajstić information content (AvgIpc) is 2.78. The first-order valence-electron chi connectivity index (χ1n) is 6.87. The standard InChI is InChI=1S/C13H16F3NO4S2/c1-2-17(11-7-8-22(18,19)9-11)23(20,21)12-5-3-10(4-6-12)13(14,15)16/h3-6,11H,2,7-9H2,1H3/t11-/m1/s1. The maximum atomic E-state index is 12.6. The van der Waals surface area contributed by atoms with Crippen LogP contribution in [0.25, 0.3) is 0 Å². The molecule has 5 nitrogen and oxygen atoms in total. The van der Waals surface area contributed by atoms with Crippen LogP contribution in [0.1, 0.15) is 18.9 Å². The van der Waals surface area contributed by atoms with Gasteiger partial charge in [-0.25, -0.2) is 16.8 Å². The smallest absolute Gasteiger partial charge is 0.229 e. The van der Waals surface area contributed by atoms with Gasteiger partial charge in [0.25, 0.3) is 0 Å². The second-order valence-electron chi connectivity index (χ2n) is 5.29. The third kappa shape index (κ3) is 3.86. The van der Waals surface area contributed by atoms with Gasteiger partial charge in [-0.1, -0.05) is 6.92 Å². The molecule has 23 heavy (non-hydrogen) atoms. The number of hydrogen-bond acceptors (Lipinski definition) is 4. The summed E-state index contributed by atoms with van der Waals surface area (Å²) in [6, 6.07) is 2.50. The molecule has 1 heterocycles. The van der Waals surface area contributed by atoms with Crippen LogP contribution in [0.2, 0.25) is 0 Å². The molecule has 1 aliphatic rings. The van der Waals surface area contributed by atoms with Gasteiger partial charge in [0.15, 0.2) is 9.84 Å². The minimum Gasteiger partial charge on any atom is -0.229 e. The number of rotatable bonds is 4. The van der Waals surface area contributed by atoms with E-state index in [0.717, 1.165) is 16.4 Å². The maximum Gasteiger partial charge on any atom is 0.416 e. The van der Waals surface area contributed by atoms with Crippen molar-refractivity contribution in [1.29, 1.82) is 0 Å². The number of sulfonamides is 1. The predicted octanol–water partition coefficient (Wildman–Crippen LogP) is 1.90. The highest BCUT2D eigenvalue weighted by Crippen LogP contribution is 2.31. The van der Waals surface area contributed by atoms with E-state index in [2.05, 4.69) is 0 Å². The van der Waals surface area contributed by atoms with E-state index in [4.69, 9.17) is 0 Å². The van der Waals surface area contributed by atoms with Gasteiger partial charge in [0, 0.05) is 12.6 Å². The fourth-order valence-corrected chi connectivity index (χ4v) is 6.07. The molecule has 0 radical (unpaired) electrons. The molecule has 0 aromatic heterocycles. The Kier molecular flexibility index (Phi) is 4.80. The third-order valence-corrected chi connectivity index (χ3v) is 7.51.